The molecule has 4 aromatic carbocycles. The van der Waals surface area contributed by atoms with Gasteiger partial charge in [0.05, 0.1) is 45.0 Å². The highest BCUT2D eigenvalue weighted by molar-refractivity contribution is 6.30. The Morgan fingerprint density at radius 3 is 1.24 bits per heavy atom. The molecule has 4 aromatic heterocycles. The second kappa shape index (κ2) is 27.5. The number of alkyl halides is 6. The van der Waals surface area contributed by atoms with Gasteiger partial charge in [-0.15, -0.1) is 26.3 Å². The van der Waals surface area contributed by atoms with Crippen LogP contribution in [0.15, 0.2) is 116 Å². The molecule has 0 fully saturated rings. The number of imidazole rings is 2. The van der Waals surface area contributed by atoms with Gasteiger partial charge in [-0.05, 0) is 73.0 Å². The number of benzene rings is 4. The maximum Gasteiger partial charge on any atom is 0.573 e. The van der Waals surface area contributed by atoms with Crippen LogP contribution < -0.4 is 41.4 Å². The molecule has 28 heteroatoms. The fraction of sp³-hybridized carbons (Fsp3) is 0.346. The van der Waals surface area contributed by atoms with Gasteiger partial charge in [0.1, 0.15) is 23.0 Å². The lowest BCUT2D eigenvalue weighted by atomic mass is 10.2. The predicted octanol–water partition coefficient (Wildman–Crippen LogP) is 8.65. The summed E-state index contributed by atoms with van der Waals surface area (Å²) in [5.74, 6) is -1.07. The second-order valence-electron chi connectivity index (χ2n) is 16.9. The molecule has 0 saturated heterocycles. The molecule has 0 aliphatic rings. The number of aromatic nitrogens is 8. The van der Waals surface area contributed by atoms with E-state index in [4.69, 9.17) is 47.3 Å². The zero-order valence-electron chi connectivity index (χ0n) is 42.9. The van der Waals surface area contributed by atoms with Crippen LogP contribution in [0.25, 0.3) is 22.3 Å². The first-order chi connectivity index (χ1) is 37.4. The Labute approximate surface area is 461 Å². The van der Waals surface area contributed by atoms with Crippen molar-refractivity contribution < 1.29 is 65.0 Å². The van der Waals surface area contributed by atoms with E-state index in [1.54, 1.807) is 55.5 Å². The van der Waals surface area contributed by atoms with Gasteiger partial charge in [0.25, 0.3) is 11.1 Å². The summed E-state index contributed by atoms with van der Waals surface area (Å²) in [6.45, 7) is 3.30. The van der Waals surface area contributed by atoms with E-state index in [9.17, 15) is 50.6 Å². The first kappa shape index (κ1) is 63.2. The Bertz CT molecular complexity index is 3370. The van der Waals surface area contributed by atoms with E-state index in [0.29, 0.717) is 22.0 Å². The number of aliphatic hydroxyl groups excluding tert-OH is 2. The minimum Gasteiger partial charge on any atom is -0.425 e. The van der Waals surface area contributed by atoms with E-state index in [1.807, 2.05) is 6.92 Å². The van der Waals surface area contributed by atoms with Crippen LogP contribution in [0, 0.1) is 0 Å². The van der Waals surface area contributed by atoms with Gasteiger partial charge in [-0.3, -0.25) is 37.0 Å². The highest BCUT2D eigenvalue weighted by Crippen LogP contribution is 2.32. The molecule has 8 aromatic rings. The molecular formula is C52H56Cl2F6N8O12. The smallest absolute Gasteiger partial charge is 0.425 e. The Balaban J connectivity index is 0.000000277. The van der Waals surface area contributed by atoms with Crippen molar-refractivity contribution in [2.75, 3.05) is 27.4 Å². The van der Waals surface area contributed by atoms with Crippen LogP contribution in [0.2, 0.25) is 10.0 Å². The molecule has 2 unspecified atom stereocenters. The molecule has 2 atom stereocenters. The SMILES string of the molecule is C.CCC(Cn1c(=O)c2c(nc(Oc3cccc(OC(F)(F)F)c3)n2Cc2ccc(Cl)cc2)n(C)c1=O)OC.CCO.COC(CO)Cn1c(=O)c2c(nc(Oc3cccc(OC(F)(F)F)c3)n2Cc2ccc(Cl)cc2)n(C)c1=O. The lowest BCUT2D eigenvalue weighted by Crippen LogP contribution is -2.43. The number of fused-ring (bicyclic) bond motifs is 2. The molecule has 0 bridgehead atoms. The molecule has 0 spiro atoms. The Hall–Kier alpha value is -7.62. The third-order valence-electron chi connectivity index (χ3n) is 11.5. The van der Waals surface area contributed by atoms with Crippen molar-refractivity contribution in [1.29, 1.82) is 0 Å². The normalized spacial score (nSPS) is 12.2. The number of ether oxygens (including phenoxy) is 6. The molecule has 2 N–H and O–H groups in total. The molecule has 0 amide bonds. The molecule has 0 aliphatic heterocycles. The highest BCUT2D eigenvalue weighted by atomic mass is 35.5. The fourth-order valence-corrected chi connectivity index (χ4v) is 7.94. The summed E-state index contributed by atoms with van der Waals surface area (Å²) in [4.78, 5) is 61.9. The van der Waals surface area contributed by atoms with Gasteiger partial charge < -0.3 is 38.6 Å². The number of halogens is 8. The lowest BCUT2D eigenvalue weighted by molar-refractivity contribution is -0.275. The van der Waals surface area contributed by atoms with Crippen LogP contribution >= 0.6 is 23.2 Å². The zero-order valence-corrected chi connectivity index (χ0v) is 44.4. The van der Waals surface area contributed by atoms with E-state index >= 15 is 0 Å². The van der Waals surface area contributed by atoms with Crippen molar-refractivity contribution in [1.82, 2.24) is 37.4 Å². The fourth-order valence-electron chi connectivity index (χ4n) is 7.68. The van der Waals surface area contributed by atoms with Gasteiger partial charge in [-0.2, -0.15) is 9.97 Å². The van der Waals surface area contributed by atoms with Crippen LogP contribution in [0.4, 0.5) is 26.3 Å². The summed E-state index contributed by atoms with van der Waals surface area (Å²) in [5, 5.41) is 18.1. The average Bonchev–Trinajstić information content (AvgIpc) is 3.99. The number of nitrogens with zero attached hydrogens (tertiary/aromatic N) is 8. The molecule has 0 radical (unpaired) electrons. The second-order valence-corrected chi connectivity index (χ2v) is 17.8. The quantitative estimate of drug-likeness (QED) is 0.0769. The monoisotopic (exact) mass is 1170 g/mol. The van der Waals surface area contributed by atoms with Gasteiger partial charge in [-0.1, -0.05) is 74.0 Å². The first-order valence-corrected chi connectivity index (χ1v) is 24.4. The van der Waals surface area contributed by atoms with Crippen molar-refractivity contribution in [2.24, 2.45) is 14.1 Å². The predicted molar refractivity (Wildman–Crippen MR) is 284 cm³/mol. The van der Waals surface area contributed by atoms with Crippen LogP contribution in [-0.2, 0) is 49.7 Å². The lowest BCUT2D eigenvalue weighted by Gasteiger charge is -2.15. The first-order valence-electron chi connectivity index (χ1n) is 23.7. The van der Waals surface area contributed by atoms with Crippen LogP contribution in [0.5, 0.6) is 35.0 Å². The molecule has 4 heterocycles. The van der Waals surface area contributed by atoms with Crippen molar-refractivity contribution in [3.8, 4) is 35.0 Å². The summed E-state index contributed by atoms with van der Waals surface area (Å²) in [5.41, 5.74) is -1.10. The minimum absolute atomic E-state index is 0. The Kier molecular flexibility index (Phi) is 21.7. The molecule has 80 heavy (non-hydrogen) atoms. The van der Waals surface area contributed by atoms with Crippen LogP contribution in [0.3, 0.4) is 0 Å². The largest absolute Gasteiger partial charge is 0.573 e. The van der Waals surface area contributed by atoms with E-state index in [0.717, 1.165) is 43.5 Å². The van der Waals surface area contributed by atoms with Crippen molar-refractivity contribution in [2.45, 2.75) is 78.8 Å². The Morgan fingerprint density at radius 1 is 0.562 bits per heavy atom. The van der Waals surface area contributed by atoms with Gasteiger partial charge in [-0.25, -0.2) is 9.59 Å². The maximum atomic E-state index is 13.6. The van der Waals surface area contributed by atoms with Crippen molar-refractivity contribution in [3.63, 3.8) is 0 Å². The summed E-state index contributed by atoms with van der Waals surface area (Å²) in [7, 11) is 5.70. The summed E-state index contributed by atoms with van der Waals surface area (Å²) < 4.78 is 114. The third kappa shape index (κ3) is 15.8. The molecular weight excluding hydrogens is 1110 g/mol. The topological polar surface area (TPSA) is 219 Å². The van der Waals surface area contributed by atoms with Crippen molar-refractivity contribution in [3.05, 3.63) is 160 Å². The van der Waals surface area contributed by atoms with E-state index < -0.39 is 59.4 Å². The summed E-state index contributed by atoms with van der Waals surface area (Å²) >= 11 is 12.0. The molecule has 0 saturated carbocycles. The number of methoxy groups -OCH3 is 2. The van der Waals surface area contributed by atoms with Gasteiger partial charge in [0, 0.05) is 57.1 Å². The summed E-state index contributed by atoms with van der Waals surface area (Å²) in [6.07, 6.45) is -10.4. The van der Waals surface area contributed by atoms with Gasteiger partial charge in [0.2, 0.25) is 0 Å². The zero-order chi connectivity index (χ0) is 57.9. The number of hydrogen-bond acceptors (Lipinski definition) is 14. The standard InChI is InChI=1S/C25H24ClF3N4O5.C24H22ClF3N4O6.C2H6O.CH4/c1-4-17(36-3)14-33-22(34)20-21(31(2)24(33)35)30-23(32(20)13-15-8-10-16(26)11-9-15)37-18-6-5-7-19(12-18)38-25(27,28)29;1-30-20-19(21(34)32(23(30)35)12-18(13-33)36-2)31(11-14-6-8-15(25)9-7-14)22(29-20)37-16-4-3-5-17(10-16)38-24(26,27)28;1-2-3;/h5-12,17H,4,13-14H2,1-3H3;3-10,18,33H,11-13H2,1-2H3;3H,2H2,1H3;1H4. The molecule has 8 rings (SSSR count). The molecule has 432 valence electrons. The Morgan fingerprint density at radius 2 is 0.912 bits per heavy atom. The third-order valence-corrected chi connectivity index (χ3v) is 12.0. The number of aryl methyl sites for hydroxylation is 2. The number of hydrogen-bond donors (Lipinski definition) is 2. The van der Waals surface area contributed by atoms with Crippen molar-refractivity contribution >= 4 is 45.5 Å². The van der Waals surface area contributed by atoms with Gasteiger partial charge in [0.15, 0.2) is 22.3 Å². The number of aliphatic hydroxyl groups is 2. The number of rotatable bonds is 18. The molecule has 20 nitrogen and oxygen atoms in total. The minimum atomic E-state index is -4.90. The van der Waals surface area contributed by atoms with E-state index in [2.05, 4.69) is 19.4 Å². The average molecular weight is 1170 g/mol. The van der Waals surface area contributed by atoms with Crippen LogP contribution in [-0.4, -0.2) is 99.9 Å². The maximum absolute atomic E-state index is 13.6. The van der Waals surface area contributed by atoms with E-state index in [1.165, 1.54) is 66.3 Å². The highest BCUT2D eigenvalue weighted by Gasteiger charge is 2.33. The van der Waals surface area contributed by atoms with Gasteiger partial charge >= 0.3 is 36.1 Å². The van der Waals surface area contributed by atoms with E-state index in [-0.39, 0.29) is 92.2 Å². The summed E-state index contributed by atoms with van der Waals surface area (Å²) in [6, 6.07) is 23.0. The van der Waals surface area contributed by atoms with Crippen LogP contribution in [0.1, 0.15) is 38.8 Å². The molecule has 0 aliphatic carbocycles.